The number of aliphatic hydroxyl groups is 1. The molecular weight excluding hydrogens is 287 g/mol. The summed E-state index contributed by atoms with van der Waals surface area (Å²) in [7, 11) is 0. The lowest BCUT2D eigenvalue weighted by Crippen LogP contribution is -2.43. The van der Waals surface area contributed by atoms with Gasteiger partial charge in [0.15, 0.2) is 5.75 Å². The van der Waals surface area contributed by atoms with Gasteiger partial charge in [-0.05, 0) is 38.3 Å². The number of nitrogens with zero attached hydrogens (tertiary/aromatic N) is 3. The second-order valence-corrected chi connectivity index (χ2v) is 5.80. The van der Waals surface area contributed by atoms with E-state index < -0.39 is 5.60 Å². The molecule has 1 aromatic rings. The van der Waals surface area contributed by atoms with Crippen LogP contribution in [0, 0.1) is 0 Å². The second kappa shape index (κ2) is 7.51. The minimum atomic E-state index is -0.600. The Labute approximate surface area is 129 Å². The molecule has 6 nitrogen and oxygen atoms in total. The highest BCUT2D eigenvalue weighted by atomic mass is 19.1. The quantitative estimate of drug-likeness (QED) is 0.826. The molecule has 0 spiro atoms. The maximum absolute atomic E-state index is 12.6. The van der Waals surface area contributed by atoms with Crippen LogP contribution in [0.3, 0.4) is 0 Å². The number of hydrogen-bond donors (Lipinski definition) is 2. The van der Waals surface area contributed by atoms with Gasteiger partial charge < -0.3 is 20.5 Å². The van der Waals surface area contributed by atoms with E-state index in [0.29, 0.717) is 49.4 Å². The van der Waals surface area contributed by atoms with Crippen LogP contribution in [0.2, 0.25) is 0 Å². The predicted octanol–water partition coefficient (Wildman–Crippen LogP) is 1.41. The van der Waals surface area contributed by atoms with Crippen molar-refractivity contribution in [2.75, 3.05) is 31.1 Å². The Hall–Kier alpha value is -1.73. The predicted molar refractivity (Wildman–Crippen MR) is 82.5 cm³/mol. The topological polar surface area (TPSA) is 84.5 Å². The normalized spacial score (nSPS) is 18.4. The summed E-state index contributed by atoms with van der Waals surface area (Å²) in [6, 6.07) is 0. The standard InChI is InChI=1S/C15H23FN4O2/c1-15(21)3-6-20(7-4-15)14-18-9-13(10-19-14)22-11-12(8-16)2-5-17/h8-10,21H,2-7,11,17H2,1H3/b12-8+. The molecular formula is C15H23FN4O2. The first kappa shape index (κ1) is 16.6. The van der Waals surface area contributed by atoms with Crippen molar-refractivity contribution < 1.29 is 14.2 Å². The molecule has 0 aliphatic carbocycles. The average Bonchev–Trinajstić information content (AvgIpc) is 2.52. The van der Waals surface area contributed by atoms with Gasteiger partial charge in [0.2, 0.25) is 5.95 Å². The molecule has 122 valence electrons. The molecule has 3 N–H and O–H groups in total. The monoisotopic (exact) mass is 310 g/mol. The van der Waals surface area contributed by atoms with Gasteiger partial charge in [0, 0.05) is 13.1 Å². The number of ether oxygens (including phenoxy) is 1. The van der Waals surface area contributed by atoms with E-state index in [-0.39, 0.29) is 6.61 Å². The fourth-order valence-corrected chi connectivity index (χ4v) is 2.26. The molecule has 1 aliphatic heterocycles. The van der Waals surface area contributed by atoms with Crippen molar-refractivity contribution in [3.05, 3.63) is 24.3 Å². The summed E-state index contributed by atoms with van der Waals surface area (Å²) < 4.78 is 18.0. The first-order chi connectivity index (χ1) is 10.5. The highest BCUT2D eigenvalue weighted by Gasteiger charge is 2.28. The van der Waals surface area contributed by atoms with Crippen molar-refractivity contribution in [3.8, 4) is 5.75 Å². The molecule has 7 heteroatoms. The van der Waals surface area contributed by atoms with Gasteiger partial charge in [-0.25, -0.2) is 14.4 Å². The molecule has 0 aromatic carbocycles. The van der Waals surface area contributed by atoms with Crippen LogP contribution in [-0.4, -0.2) is 46.9 Å². The van der Waals surface area contributed by atoms with Gasteiger partial charge in [-0.2, -0.15) is 0 Å². The molecule has 22 heavy (non-hydrogen) atoms. The summed E-state index contributed by atoms with van der Waals surface area (Å²) in [5.41, 5.74) is 5.29. The van der Waals surface area contributed by atoms with Gasteiger partial charge in [-0.3, -0.25) is 0 Å². The molecule has 0 unspecified atom stereocenters. The summed E-state index contributed by atoms with van der Waals surface area (Å²) in [6.07, 6.45) is 5.53. The van der Waals surface area contributed by atoms with Crippen LogP contribution >= 0.6 is 0 Å². The third kappa shape index (κ3) is 4.64. The minimum Gasteiger partial charge on any atom is -0.486 e. The minimum absolute atomic E-state index is 0.142. The van der Waals surface area contributed by atoms with Gasteiger partial charge >= 0.3 is 0 Å². The molecule has 0 amide bonds. The summed E-state index contributed by atoms with van der Waals surface area (Å²) in [4.78, 5) is 10.6. The van der Waals surface area contributed by atoms with Crippen molar-refractivity contribution in [1.82, 2.24) is 9.97 Å². The summed E-state index contributed by atoms with van der Waals surface area (Å²) in [5.74, 6) is 1.11. The molecule has 1 aliphatic rings. The van der Waals surface area contributed by atoms with E-state index in [9.17, 15) is 9.50 Å². The number of piperidine rings is 1. The molecule has 0 radical (unpaired) electrons. The van der Waals surface area contributed by atoms with Crippen LogP contribution in [0.25, 0.3) is 0 Å². The molecule has 2 rings (SSSR count). The Bertz CT molecular complexity index is 495. The number of rotatable bonds is 6. The molecule has 0 atom stereocenters. The van der Waals surface area contributed by atoms with Crippen LogP contribution in [-0.2, 0) is 0 Å². The third-order valence-electron chi connectivity index (χ3n) is 3.78. The lowest BCUT2D eigenvalue weighted by Gasteiger charge is -2.35. The molecule has 1 aromatic heterocycles. The Morgan fingerprint density at radius 2 is 2.09 bits per heavy atom. The van der Waals surface area contributed by atoms with Crippen LogP contribution < -0.4 is 15.4 Å². The zero-order chi connectivity index (χ0) is 16.0. The molecule has 0 saturated carbocycles. The molecule has 0 bridgehead atoms. The lowest BCUT2D eigenvalue weighted by molar-refractivity contribution is 0.0348. The van der Waals surface area contributed by atoms with Crippen LogP contribution in [0.1, 0.15) is 26.2 Å². The number of hydrogen-bond acceptors (Lipinski definition) is 6. The van der Waals surface area contributed by atoms with Crippen molar-refractivity contribution in [2.24, 2.45) is 5.73 Å². The third-order valence-corrected chi connectivity index (χ3v) is 3.78. The number of aromatic nitrogens is 2. The van der Waals surface area contributed by atoms with Crippen molar-refractivity contribution in [1.29, 1.82) is 0 Å². The van der Waals surface area contributed by atoms with E-state index in [4.69, 9.17) is 10.5 Å². The van der Waals surface area contributed by atoms with Crippen molar-refractivity contribution >= 4 is 5.95 Å². The van der Waals surface area contributed by atoms with E-state index in [1.54, 1.807) is 12.4 Å². The van der Waals surface area contributed by atoms with E-state index in [2.05, 4.69) is 9.97 Å². The zero-order valence-electron chi connectivity index (χ0n) is 12.8. The zero-order valence-corrected chi connectivity index (χ0v) is 12.8. The summed E-state index contributed by atoms with van der Waals surface area (Å²) in [5, 5.41) is 9.94. The fourth-order valence-electron chi connectivity index (χ4n) is 2.26. The van der Waals surface area contributed by atoms with Gasteiger partial charge in [0.25, 0.3) is 0 Å². The van der Waals surface area contributed by atoms with Gasteiger partial charge in [-0.1, -0.05) is 0 Å². The summed E-state index contributed by atoms with van der Waals surface area (Å²) in [6.45, 7) is 3.81. The highest BCUT2D eigenvalue weighted by molar-refractivity contribution is 5.32. The lowest BCUT2D eigenvalue weighted by atomic mass is 9.94. The number of halogens is 1. The van der Waals surface area contributed by atoms with Crippen LogP contribution in [0.15, 0.2) is 24.3 Å². The molecule has 2 heterocycles. The number of anilines is 1. The second-order valence-electron chi connectivity index (χ2n) is 5.80. The average molecular weight is 310 g/mol. The maximum Gasteiger partial charge on any atom is 0.225 e. The van der Waals surface area contributed by atoms with Crippen LogP contribution in [0.5, 0.6) is 5.75 Å². The SMILES string of the molecule is CC1(O)CCN(c2ncc(OC/C(=C/F)CCN)cn2)CC1. The van der Waals surface area contributed by atoms with Gasteiger partial charge in [-0.15, -0.1) is 0 Å². The first-order valence-electron chi connectivity index (χ1n) is 7.44. The van der Waals surface area contributed by atoms with E-state index >= 15 is 0 Å². The Kier molecular flexibility index (Phi) is 5.68. The van der Waals surface area contributed by atoms with Crippen LogP contribution in [0.4, 0.5) is 10.3 Å². The maximum atomic E-state index is 12.6. The van der Waals surface area contributed by atoms with E-state index in [1.165, 1.54) is 0 Å². The Balaban J connectivity index is 1.88. The van der Waals surface area contributed by atoms with Crippen molar-refractivity contribution in [2.45, 2.75) is 31.8 Å². The molecule has 1 saturated heterocycles. The summed E-state index contributed by atoms with van der Waals surface area (Å²) >= 11 is 0. The fraction of sp³-hybridized carbons (Fsp3) is 0.600. The Morgan fingerprint density at radius 1 is 1.45 bits per heavy atom. The van der Waals surface area contributed by atoms with E-state index in [0.717, 1.165) is 13.1 Å². The van der Waals surface area contributed by atoms with Crippen molar-refractivity contribution in [3.63, 3.8) is 0 Å². The van der Waals surface area contributed by atoms with E-state index in [1.807, 2.05) is 11.8 Å². The smallest absolute Gasteiger partial charge is 0.225 e. The van der Waals surface area contributed by atoms with Gasteiger partial charge in [0.1, 0.15) is 6.61 Å². The largest absolute Gasteiger partial charge is 0.486 e. The number of nitrogens with two attached hydrogens (primary N) is 1. The molecule has 1 fully saturated rings. The highest BCUT2D eigenvalue weighted by Crippen LogP contribution is 2.24. The Morgan fingerprint density at radius 3 is 2.64 bits per heavy atom. The van der Waals surface area contributed by atoms with Gasteiger partial charge in [0.05, 0.1) is 24.3 Å². The first-order valence-corrected chi connectivity index (χ1v) is 7.44.